The highest BCUT2D eigenvalue weighted by molar-refractivity contribution is 5.90. The lowest BCUT2D eigenvalue weighted by Gasteiger charge is -2.16. The quantitative estimate of drug-likeness (QED) is 0.267. The normalized spacial score (nSPS) is 11.2. The highest BCUT2D eigenvalue weighted by Crippen LogP contribution is 2.35. The van der Waals surface area contributed by atoms with Crippen LogP contribution in [0.5, 0.6) is 11.5 Å². The number of H-pyrrole nitrogens is 1. The van der Waals surface area contributed by atoms with E-state index in [0.717, 1.165) is 22.2 Å². The molecule has 4 rings (SSSR count). The zero-order valence-corrected chi connectivity index (χ0v) is 18.1. The van der Waals surface area contributed by atoms with Crippen LogP contribution in [0.1, 0.15) is 22.5 Å². The van der Waals surface area contributed by atoms with Crippen LogP contribution in [0.4, 0.5) is 4.39 Å². The number of aromatic nitrogens is 2. The smallest absolute Gasteiger partial charge is 0.165 e. The molecule has 0 bridgehead atoms. The van der Waals surface area contributed by atoms with Crippen molar-refractivity contribution in [3.05, 3.63) is 102 Å². The Kier molecular flexibility index (Phi) is 6.51. The maximum atomic E-state index is 13.5. The molecule has 1 N–H and O–H groups in total. The highest BCUT2D eigenvalue weighted by atomic mass is 19.1. The number of nitrogens with one attached hydrogen (secondary N) is 1. The Morgan fingerprint density at radius 2 is 2.03 bits per heavy atom. The molecule has 1 aromatic heterocycles. The molecule has 0 saturated heterocycles. The van der Waals surface area contributed by atoms with Crippen LogP contribution in [-0.2, 0) is 13.0 Å². The van der Waals surface area contributed by atoms with Crippen LogP contribution in [0.15, 0.2) is 73.3 Å². The molecular formula is C27H22FN3O2. The predicted molar refractivity (Wildman–Crippen MR) is 127 cm³/mol. The van der Waals surface area contributed by atoms with Gasteiger partial charge in [-0.1, -0.05) is 30.3 Å². The monoisotopic (exact) mass is 439 g/mol. The average Bonchev–Trinajstić information content (AvgIpc) is 3.26. The van der Waals surface area contributed by atoms with Crippen LogP contribution < -0.4 is 9.47 Å². The Balaban J connectivity index is 1.70. The SMILES string of the molecule is C=CCc1cc(/C=C(\C#N)c2nc3ccccc3[nH]2)cc(OC)c1OCc1cccc(F)c1. The Morgan fingerprint density at radius 3 is 2.76 bits per heavy atom. The fourth-order valence-corrected chi connectivity index (χ4v) is 3.57. The van der Waals surface area contributed by atoms with Gasteiger partial charge in [0.15, 0.2) is 11.5 Å². The van der Waals surface area contributed by atoms with Gasteiger partial charge in [-0.3, -0.25) is 0 Å². The molecule has 0 unspecified atom stereocenters. The number of methoxy groups -OCH3 is 1. The molecule has 0 aliphatic rings. The standard InChI is InChI=1S/C27H22FN3O2/c1-3-7-20-12-19(13-21(16-29)27-30-23-10-4-5-11-24(23)31-27)15-25(32-2)26(20)33-17-18-8-6-9-22(28)14-18/h3-6,8-15H,1,7,17H2,2H3,(H,30,31)/b21-13+. The Bertz CT molecular complexity index is 1350. The van der Waals surface area contributed by atoms with E-state index in [-0.39, 0.29) is 12.4 Å². The number of ether oxygens (including phenoxy) is 2. The summed E-state index contributed by atoms with van der Waals surface area (Å²) in [6, 6.07) is 19.8. The number of hydrogen-bond acceptors (Lipinski definition) is 4. The van der Waals surface area contributed by atoms with Gasteiger partial charge in [0.2, 0.25) is 0 Å². The van der Waals surface area contributed by atoms with Crippen molar-refractivity contribution >= 4 is 22.7 Å². The van der Waals surface area contributed by atoms with E-state index in [0.29, 0.717) is 34.9 Å². The molecule has 0 amide bonds. The first kappa shape index (κ1) is 21.8. The Hall–Kier alpha value is -4.37. The van der Waals surface area contributed by atoms with Crippen LogP contribution in [0.2, 0.25) is 0 Å². The lowest BCUT2D eigenvalue weighted by molar-refractivity contribution is 0.281. The van der Waals surface area contributed by atoms with Gasteiger partial charge in [0.25, 0.3) is 0 Å². The molecule has 0 saturated carbocycles. The molecule has 0 aliphatic heterocycles. The number of nitriles is 1. The molecule has 1 heterocycles. The number of allylic oxidation sites excluding steroid dienone is 2. The highest BCUT2D eigenvalue weighted by Gasteiger charge is 2.14. The zero-order chi connectivity index (χ0) is 23.2. The van der Waals surface area contributed by atoms with E-state index in [4.69, 9.17) is 9.47 Å². The number of hydrogen-bond donors (Lipinski definition) is 1. The number of nitrogens with zero attached hydrogens (tertiary/aromatic N) is 2. The van der Waals surface area contributed by atoms with Crippen molar-refractivity contribution < 1.29 is 13.9 Å². The molecule has 0 spiro atoms. The summed E-state index contributed by atoms with van der Waals surface area (Å²) in [7, 11) is 1.56. The lowest BCUT2D eigenvalue weighted by atomic mass is 10.0. The molecule has 0 fully saturated rings. The minimum Gasteiger partial charge on any atom is -0.493 e. The van der Waals surface area contributed by atoms with Gasteiger partial charge < -0.3 is 14.5 Å². The second kappa shape index (κ2) is 9.84. The zero-order valence-electron chi connectivity index (χ0n) is 18.1. The summed E-state index contributed by atoms with van der Waals surface area (Å²) in [5.41, 5.74) is 4.36. The van der Waals surface area contributed by atoms with Crippen LogP contribution in [0.3, 0.4) is 0 Å². The first-order valence-corrected chi connectivity index (χ1v) is 10.4. The molecule has 6 heteroatoms. The third-order valence-electron chi connectivity index (χ3n) is 5.09. The van der Waals surface area contributed by atoms with E-state index < -0.39 is 0 Å². The number of para-hydroxylation sites is 2. The average molecular weight is 439 g/mol. The van der Waals surface area contributed by atoms with Crippen LogP contribution >= 0.6 is 0 Å². The Labute approximate surface area is 191 Å². The van der Waals surface area contributed by atoms with E-state index in [1.807, 2.05) is 30.3 Å². The van der Waals surface area contributed by atoms with Gasteiger partial charge in [-0.05, 0) is 60.0 Å². The lowest BCUT2D eigenvalue weighted by Crippen LogP contribution is -2.02. The number of aromatic amines is 1. The number of imidazole rings is 1. The maximum absolute atomic E-state index is 13.5. The summed E-state index contributed by atoms with van der Waals surface area (Å²) >= 11 is 0. The predicted octanol–water partition coefficient (Wildman–Crippen LogP) is 6.08. The second-order valence-corrected chi connectivity index (χ2v) is 7.40. The van der Waals surface area contributed by atoms with Gasteiger partial charge in [-0.15, -0.1) is 6.58 Å². The van der Waals surface area contributed by atoms with Crippen molar-refractivity contribution in [2.24, 2.45) is 0 Å². The maximum Gasteiger partial charge on any atom is 0.165 e. The van der Waals surface area contributed by atoms with E-state index in [1.165, 1.54) is 12.1 Å². The fourth-order valence-electron chi connectivity index (χ4n) is 3.57. The van der Waals surface area contributed by atoms with Crippen molar-refractivity contribution in [2.75, 3.05) is 7.11 Å². The van der Waals surface area contributed by atoms with Gasteiger partial charge in [-0.25, -0.2) is 9.37 Å². The molecule has 0 radical (unpaired) electrons. The van der Waals surface area contributed by atoms with E-state index >= 15 is 0 Å². The number of benzene rings is 3. The molecule has 33 heavy (non-hydrogen) atoms. The topological polar surface area (TPSA) is 70.9 Å². The van der Waals surface area contributed by atoms with Crippen molar-refractivity contribution in [3.8, 4) is 17.6 Å². The minimum absolute atomic E-state index is 0.190. The minimum atomic E-state index is -0.315. The van der Waals surface area contributed by atoms with Crippen molar-refractivity contribution in [2.45, 2.75) is 13.0 Å². The fraction of sp³-hybridized carbons (Fsp3) is 0.111. The molecular weight excluding hydrogens is 417 g/mol. The number of rotatable bonds is 8. The van der Waals surface area contributed by atoms with Gasteiger partial charge >= 0.3 is 0 Å². The van der Waals surface area contributed by atoms with E-state index in [2.05, 4.69) is 22.6 Å². The number of halogens is 1. The first-order chi connectivity index (χ1) is 16.1. The summed E-state index contributed by atoms with van der Waals surface area (Å²) in [6.07, 6.45) is 4.05. The number of fused-ring (bicyclic) bond motifs is 1. The van der Waals surface area contributed by atoms with E-state index in [9.17, 15) is 9.65 Å². The molecule has 164 valence electrons. The van der Waals surface area contributed by atoms with Crippen LogP contribution in [0, 0.1) is 17.1 Å². The molecule has 4 aromatic rings. The molecule has 3 aromatic carbocycles. The summed E-state index contributed by atoms with van der Waals surface area (Å²) < 4.78 is 25.1. The third kappa shape index (κ3) is 4.94. The van der Waals surface area contributed by atoms with Crippen molar-refractivity contribution in [1.29, 1.82) is 5.26 Å². The van der Waals surface area contributed by atoms with Gasteiger partial charge in [0.1, 0.15) is 24.3 Å². The van der Waals surface area contributed by atoms with Gasteiger partial charge in [0.05, 0.1) is 23.7 Å². The van der Waals surface area contributed by atoms with Gasteiger partial charge in [0, 0.05) is 5.56 Å². The summed E-state index contributed by atoms with van der Waals surface area (Å²) in [5.74, 6) is 1.25. The molecule has 0 atom stereocenters. The molecule has 0 aliphatic carbocycles. The first-order valence-electron chi connectivity index (χ1n) is 10.4. The van der Waals surface area contributed by atoms with Crippen LogP contribution in [0.25, 0.3) is 22.7 Å². The summed E-state index contributed by atoms with van der Waals surface area (Å²) in [4.78, 5) is 7.70. The van der Waals surface area contributed by atoms with E-state index in [1.54, 1.807) is 37.5 Å². The summed E-state index contributed by atoms with van der Waals surface area (Å²) in [6.45, 7) is 4.02. The molecule has 5 nitrogen and oxygen atoms in total. The van der Waals surface area contributed by atoms with Crippen molar-refractivity contribution in [3.63, 3.8) is 0 Å². The summed E-state index contributed by atoms with van der Waals surface area (Å²) in [5, 5.41) is 9.77. The largest absolute Gasteiger partial charge is 0.493 e. The van der Waals surface area contributed by atoms with Crippen molar-refractivity contribution in [1.82, 2.24) is 9.97 Å². The van der Waals surface area contributed by atoms with Crippen LogP contribution in [-0.4, -0.2) is 17.1 Å². The van der Waals surface area contributed by atoms with Gasteiger partial charge in [-0.2, -0.15) is 5.26 Å². The Morgan fingerprint density at radius 1 is 1.18 bits per heavy atom. The third-order valence-corrected chi connectivity index (χ3v) is 5.09. The second-order valence-electron chi connectivity index (χ2n) is 7.40.